The minimum absolute atomic E-state index is 0.0272. The number of aryl methyl sites for hydroxylation is 4. The second kappa shape index (κ2) is 52.7. The molecule has 0 aliphatic carbocycles. The molecule has 10 heterocycles. The molecule has 8 aromatic rings. The summed E-state index contributed by atoms with van der Waals surface area (Å²) < 4.78 is 9.27. The van der Waals surface area contributed by atoms with Crippen LogP contribution < -0.4 is 0 Å². The molecule has 0 bridgehead atoms. The Kier molecular flexibility index (Phi) is 42.8. The second-order valence-corrected chi connectivity index (χ2v) is 42.9. The summed E-state index contributed by atoms with van der Waals surface area (Å²) in [5.41, 5.74) is 6.25. The Morgan fingerprint density at radius 1 is 0.223 bits per heavy atom. The fourth-order valence-electron chi connectivity index (χ4n) is 17.8. The van der Waals surface area contributed by atoms with Crippen molar-refractivity contribution in [2.24, 2.45) is 0 Å². The number of thiophene rings is 8. The van der Waals surface area contributed by atoms with Crippen LogP contribution in [0.15, 0.2) is 59.7 Å². The van der Waals surface area contributed by atoms with Gasteiger partial charge < -0.3 is 9.80 Å². The summed E-state index contributed by atoms with van der Waals surface area (Å²) in [6.07, 6.45) is 80.4. The molecule has 0 aromatic carbocycles. The van der Waals surface area contributed by atoms with E-state index in [0.29, 0.717) is 24.2 Å². The predicted octanol–water partition coefficient (Wildman–Crippen LogP) is 36.9. The summed E-state index contributed by atoms with van der Waals surface area (Å²) in [5.74, 6) is 0.0544. The monoisotopic (exact) mass is 1670 g/mol. The number of carbonyl (C=O) groups excluding carboxylic acids is 2. The first-order valence-electron chi connectivity index (χ1n) is 47.1. The smallest absolute Gasteiger partial charge is 0.261 e. The van der Waals surface area contributed by atoms with Gasteiger partial charge in [0, 0.05) is 52.1 Å². The van der Waals surface area contributed by atoms with E-state index >= 15 is 9.59 Å². The van der Waals surface area contributed by atoms with Crippen molar-refractivity contribution in [2.45, 2.75) is 427 Å². The molecule has 0 spiro atoms. The number of nitrogens with zero attached hydrogens (tertiary/aromatic N) is 2. The summed E-state index contributed by atoms with van der Waals surface area (Å²) in [6.45, 7) is 15.0. The standard InChI is InChI=1S/C100H150N2O2S8/c1-7-11-15-19-23-27-31-35-39-41-45-49-53-57-61-65-79-91(85-70-68-78(6)106-85)109-95-93(79)111-98-96-94(112-97(95)98)80(66-62-58-54-50-46-42-40-36-32-28-24-20-16-12-8-2)92(110-96)86-74-72-82(108-86)81-71-73-84(107-81)90-88-87(99(103)102(90)76-64-60-56-52-48-44-38-34-30-26-22-18-14-10-4)89(83-69-67-77(5)105-83)101(100(88)104)75-63-59-55-51-47-43-37-33-29-25-21-17-13-9-3/h67-74H,7-66,75-76H2,1-6H3. The van der Waals surface area contributed by atoms with E-state index in [2.05, 4.69) is 140 Å². The van der Waals surface area contributed by atoms with Gasteiger partial charge in [-0.05, 0) is 112 Å². The molecule has 0 N–H and O–H groups in total. The van der Waals surface area contributed by atoms with E-state index in [4.69, 9.17) is 0 Å². The molecule has 2 aliphatic rings. The molecule has 2 amide bonds. The number of hydrogen-bond acceptors (Lipinski definition) is 10. The third kappa shape index (κ3) is 28.0. The molecule has 0 unspecified atom stereocenters. The quantitative estimate of drug-likeness (QED) is 0.0357. The number of rotatable bonds is 67. The van der Waals surface area contributed by atoms with Crippen molar-refractivity contribution in [1.29, 1.82) is 0 Å². The van der Waals surface area contributed by atoms with Crippen LogP contribution in [-0.2, 0) is 22.4 Å². The fraction of sp³-hybridized carbons (Fsp3) is 0.680. The highest BCUT2D eigenvalue weighted by atomic mass is 32.1. The minimum Gasteiger partial charge on any atom is -0.306 e. The van der Waals surface area contributed by atoms with E-state index in [1.54, 1.807) is 57.5 Å². The lowest BCUT2D eigenvalue weighted by Gasteiger charge is -2.24. The highest BCUT2D eigenvalue weighted by molar-refractivity contribution is 7.46. The molecule has 0 fully saturated rings. The molecule has 2 aliphatic heterocycles. The van der Waals surface area contributed by atoms with E-state index in [1.807, 2.05) is 27.6 Å². The van der Waals surface area contributed by atoms with Gasteiger partial charge in [0.05, 0.1) is 60.5 Å². The zero-order chi connectivity index (χ0) is 78.2. The maximum absolute atomic E-state index is 15.6. The maximum atomic E-state index is 15.6. The van der Waals surface area contributed by atoms with Crippen molar-refractivity contribution >= 4 is 142 Å². The first kappa shape index (κ1) is 91.1. The van der Waals surface area contributed by atoms with Crippen LogP contribution >= 0.6 is 90.7 Å². The van der Waals surface area contributed by atoms with Crippen molar-refractivity contribution in [3.8, 4) is 29.3 Å². The van der Waals surface area contributed by atoms with Gasteiger partial charge in [0.25, 0.3) is 11.8 Å². The van der Waals surface area contributed by atoms with Crippen molar-refractivity contribution in [1.82, 2.24) is 9.80 Å². The molecule has 112 heavy (non-hydrogen) atoms. The summed E-state index contributed by atoms with van der Waals surface area (Å²) in [4.78, 5) is 48.3. The number of amides is 2. The Balaban J connectivity index is 0.862. The molecule has 0 saturated carbocycles. The van der Waals surface area contributed by atoms with E-state index < -0.39 is 0 Å². The summed E-state index contributed by atoms with van der Waals surface area (Å²) in [7, 11) is 0. The Bertz CT molecular complexity index is 4010. The zero-order valence-corrected chi connectivity index (χ0v) is 78.0. The van der Waals surface area contributed by atoms with Gasteiger partial charge in [0.15, 0.2) is 0 Å². The molecular weight excluding hydrogens is 1520 g/mol. The predicted molar refractivity (Wildman–Crippen MR) is 509 cm³/mol. The van der Waals surface area contributed by atoms with Crippen molar-refractivity contribution in [2.75, 3.05) is 13.1 Å². The molecule has 12 heteroatoms. The first-order valence-corrected chi connectivity index (χ1v) is 53.7. The van der Waals surface area contributed by atoms with Crippen molar-refractivity contribution in [3.63, 3.8) is 0 Å². The van der Waals surface area contributed by atoms with Gasteiger partial charge in [-0.25, -0.2) is 0 Å². The number of fused-ring (bicyclic) bond motifs is 6. The molecule has 0 saturated heterocycles. The molecule has 0 atom stereocenters. The summed E-state index contributed by atoms with van der Waals surface area (Å²) in [5, 5.41) is 0. The lowest BCUT2D eigenvalue weighted by Crippen LogP contribution is -2.30. The van der Waals surface area contributed by atoms with E-state index in [-0.39, 0.29) is 11.8 Å². The molecular formula is C100H150N2O2S8. The van der Waals surface area contributed by atoms with Crippen LogP contribution in [0.5, 0.6) is 0 Å². The molecule has 10 rings (SSSR count). The van der Waals surface area contributed by atoms with Crippen LogP contribution in [0.1, 0.15) is 431 Å². The van der Waals surface area contributed by atoms with Crippen LogP contribution in [0.2, 0.25) is 0 Å². The number of unbranched alkanes of at least 4 members (excludes halogenated alkanes) is 54. The third-order valence-corrected chi connectivity index (χ3v) is 34.9. The van der Waals surface area contributed by atoms with Crippen LogP contribution in [0.25, 0.3) is 68.9 Å². The van der Waals surface area contributed by atoms with Crippen LogP contribution in [0, 0.1) is 13.8 Å². The maximum Gasteiger partial charge on any atom is 0.261 e. The highest BCUT2D eigenvalue weighted by Gasteiger charge is 2.49. The topological polar surface area (TPSA) is 40.6 Å². The summed E-state index contributed by atoms with van der Waals surface area (Å²) in [6, 6.07) is 18.5. The van der Waals surface area contributed by atoms with Crippen LogP contribution in [-0.4, -0.2) is 34.7 Å². The van der Waals surface area contributed by atoms with E-state index in [0.717, 1.165) is 53.3 Å². The number of hydrogen-bond donors (Lipinski definition) is 0. The van der Waals surface area contributed by atoms with Gasteiger partial charge >= 0.3 is 0 Å². The van der Waals surface area contributed by atoms with E-state index in [9.17, 15) is 0 Å². The van der Waals surface area contributed by atoms with E-state index in [1.165, 1.54) is 397 Å². The van der Waals surface area contributed by atoms with Crippen LogP contribution in [0.4, 0.5) is 0 Å². The highest BCUT2D eigenvalue weighted by Crippen LogP contribution is 2.58. The summed E-state index contributed by atoms with van der Waals surface area (Å²) >= 11 is 15.9. The van der Waals surface area contributed by atoms with Crippen molar-refractivity contribution < 1.29 is 9.59 Å². The van der Waals surface area contributed by atoms with Gasteiger partial charge in [-0.3, -0.25) is 9.59 Å². The normalized spacial score (nSPS) is 13.4. The zero-order valence-electron chi connectivity index (χ0n) is 71.4. The molecule has 8 aromatic heterocycles. The Morgan fingerprint density at radius 2 is 0.446 bits per heavy atom. The van der Waals surface area contributed by atoms with Gasteiger partial charge in [-0.2, -0.15) is 0 Å². The molecule has 620 valence electrons. The van der Waals surface area contributed by atoms with Gasteiger partial charge in [-0.15, -0.1) is 90.7 Å². The largest absolute Gasteiger partial charge is 0.306 e. The average molecular weight is 1670 g/mol. The lowest BCUT2D eigenvalue weighted by atomic mass is 10.0. The fourth-order valence-corrected chi connectivity index (χ4v) is 28.3. The average Bonchev–Trinajstić information content (AvgIpc) is 1.56. The lowest BCUT2D eigenvalue weighted by molar-refractivity contribution is -0.124. The molecule has 4 nitrogen and oxygen atoms in total. The van der Waals surface area contributed by atoms with Gasteiger partial charge in [-0.1, -0.05) is 374 Å². The molecule has 0 radical (unpaired) electrons. The first-order chi connectivity index (χ1) is 55.2. The Hall–Kier alpha value is -3.20. The minimum atomic E-state index is 0.0272. The Morgan fingerprint density at radius 3 is 0.741 bits per heavy atom. The Labute approximate surface area is 714 Å². The SMILES string of the molecule is CCCCCCCCCCCCCCCCCc1c(-c2ccc(C)s2)sc2c1sc1c3sc(-c4ccc(-c5ccc(C6=C7C(=O)N(CCCCCCCCCCCCCCCC)C(c8ccc(C)s8)=C7C(=O)N6CCCCCCCCCCCCCCCC)s5)s4)c(CCCCCCCCCCCCCCCCC)c3sc21. The van der Waals surface area contributed by atoms with Crippen molar-refractivity contribution in [3.05, 3.63) is 90.3 Å². The third-order valence-electron chi connectivity index (χ3n) is 24.5. The number of carbonyl (C=O) groups is 2. The van der Waals surface area contributed by atoms with Gasteiger partial charge in [0.1, 0.15) is 0 Å². The second-order valence-electron chi connectivity index (χ2n) is 34.1. The van der Waals surface area contributed by atoms with Crippen LogP contribution in [0.3, 0.4) is 0 Å². The van der Waals surface area contributed by atoms with Gasteiger partial charge in [0.2, 0.25) is 0 Å².